The smallest absolute Gasteiger partial charge is 0.237 e. The average Bonchev–Trinajstić information content (AvgIpc) is 2.53. The molecule has 0 saturated carbocycles. The van der Waals surface area contributed by atoms with Gasteiger partial charge in [0.05, 0.1) is 6.04 Å². The van der Waals surface area contributed by atoms with Crippen molar-refractivity contribution in [2.24, 2.45) is 0 Å². The van der Waals surface area contributed by atoms with Gasteiger partial charge in [-0.2, -0.15) is 0 Å². The molecule has 0 aromatic carbocycles. The largest absolute Gasteiger partial charge is 0.355 e. The Balaban J connectivity index is 3.27. The predicted molar refractivity (Wildman–Crippen MR) is 95.3 cm³/mol. The van der Waals surface area contributed by atoms with Crippen molar-refractivity contribution in [1.82, 2.24) is 21.3 Å². The summed E-state index contributed by atoms with van der Waals surface area (Å²) in [5, 5.41) is 13.0. The molecule has 0 bridgehead atoms. The van der Waals surface area contributed by atoms with Gasteiger partial charge in [0.2, 0.25) is 5.91 Å². The first-order valence-corrected chi connectivity index (χ1v) is 9.12. The van der Waals surface area contributed by atoms with Gasteiger partial charge in [0.15, 0.2) is 0 Å². The number of carbonyl (C=O) groups excluding carboxylic acids is 1. The zero-order chi connectivity index (χ0) is 16.5. The number of carbonyl (C=O) groups is 1. The summed E-state index contributed by atoms with van der Waals surface area (Å²) in [5.41, 5.74) is 0. The van der Waals surface area contributed by atoms with Crippen molar-refractivity contribution >= 4 is 5.91 Å². The lowest BCUT2D eigenvalue weighted by atomic mass is 10.1. The minimum absolute atomic E-state index is 0.0434. The molecular formula is C17H38N4O. The minimum atomic E-state index is -0.0434. The Morgan fingerprint density at radius 1 is 0.818 bits per heavy atom. The quantitative estimate of drug-likeness (QED) is 0.327. The van der Waals surface area contributed by atoms with Gasteiger partial charge in [0.1, 0.15) is 0 Å². The Bertz CT molecular complexity index is 249. The molecule has 0 rings (SSSR count). The number of hydrogen-bond donors (Lipinski definition) is 4. The number of unbranched alkanes of at least 4 members (excludes halogenated alkanes) is 2. The second-order valence-electron chi connectivity index (χ2n) is 5.84. The lowest BCUT2D eigenvalue weighted by molar-refractivity contribution is -0.123. The molecule has 4 N–H and O–H groups in total. The molecule has 0 fully saturated rings. The minimum Gasteiger partial charge on any atom is -0.355 e. The van der Waals surface area contributed by atoms with E-state index in [9.17, 15) is 4.79 Å². The van der Waals surface area contributed by atoms with E-state index < -0.39 is 0 Å². The third kappa shape index (κ3) is 13.0. The molecule has 0 aliphatic rings. The average molecular weight is 315 g/mol. The van der Waals surface area contributed by atoms with Crippen molar-refractivity contribution < 1.29 is 4.79 Å². The molecule has 0 aromatic heterocycles. The molecule has 0 saturated heterocycles. The number of amides is 1. The summed E-state index contributed by atoms with van der Waals surface area (Å²) in [7, 11) is 1.85. The standard InChI is InChI=1S/C17H38N4O/c1-4-6-11-19-12-7-8-13-20-14-9-15-21-17(22)16(18-3)10-5-2/h16,18-20H,4-15H2,1-3H3,(H,21,22)/t16-/m1/s1. The fourth-order valence-corrected chi connectivity index (χ4v) is 2.30. The molecule has 0 radical (unpaired) electrons. The van der Waals surface area contributed by atoms with E-state index >= 15 is 0 Å². The topological polar surface area (TPSA) is 65.2 Å². The van der Waals surface area contributed by atoms with Crippen LogP contribution in [0.15, 0.2) is 0 Å². The lowest BCUT2D eigenvalue weighted by Crippen LogP contribution is -2.43. The van der Waals surface area contributed by atoms with Crippen LogP contribution in [0.25, 0.3) is 0 Å². The van der Waals surface area contributed by atoms with Crippen LogP contribution in [0, 0.1) is 0 Å². The lowest BCUT2D eigenvalue weighted by Gasteiger charge is -2.15. The molecule has 5 nitrogen and oxygen atoms in total. The summed E-state index contributed by atoms with van der Waals surface area (Å²) in [6.45, 7) is 9.39. The highest BCUT2D eigenvalue weighted by molar-refractivity contribution is 5.81. The van der Waals surface area contributed by atoms with E-state index in [1.807, 2.05) is 7.05 Å². The number of hydrogen-bond acceptors (Lipinski definition) is 4. The van der Waals surface area contributed by atoms with Gasteiger partial charge in [-0.3, -0.25) is 4.79 Å². The monoisotopic (exact) mass is 314 g/mol. The molecule has 0 spiro atoms. The van der Waals surface area contributed by atoms with Crippen LogP contribution in [0.4, 0.5) is 0 Å². The second-order valence-corrected chi connectivity index (χ2v) is 5.84. The Labute approximate surface area is 137 Å². The van der Waals surface area contributed by atoms with Crippen molar-refractivity contribution in [2.75, 3.05) is 39.8 Å². The maximum atomic E-state index is 11.8. The van der Waals surface area contributed by atoms with Crippen molar-refractivity contribution in [2.45, 2.75) is 64.8 Å². The molecule has 0 aromatic rings. The van der Waals surface area contributed by atoms with Gasteiger partial charge in [0, 0.05) is 6.54 Å². The summed E-state index contributed by atoms with van der Waals surface area (Å²) in [6, 6.07) is -0.0434. The number of likely N-dealkylation sites (N-methyl/N-ethyl adjacent to an activating group) is 1. The van der Waals surface area contributed by atoms with Crippen LogP contribution in [0.3, 0.4) is 0 Å². The highest BCUT2D eigenvalue weighted by atomic mass is 16.2. The third-order valence-electron chi connectivity index (χ3n) is 3.74. The predicted octanol–water partition coefficient (Wildman–Crippen LogP) is 1.64. The van der Waals surface area contributed by atoms with Crippen LogP contribution in [-0.4, -0.2) is 51.7 Å². The van der Waals surface area contributed by atoms with Crippen LogP contribution >= 0.6 is 0 Å². The summed E-state index contributed by atoms with van der Waals surface area (Å²) in [5.74, 6) is 0.127. The van der Waals surface area contributed by atoms with Crippen LogP contribution < -0.4 is 21.3 Å². The van der Waals surface area contributed by atoms with Gasteiger partial charge < -0.3 is 21.3 Å². The summed E-state index contributed by atoms with van der Waals surface area (Å²) in [6.07, 6.45) is 7.89. The van der Waals surface area contributed by atoms with E-state index in [2.05, 4.69) is 35.1 Å². The molecule has 0 heterocycles. The molecule has 5 heteroatoms. The molecular weight excluding hydrogens is 276 g/mol. The van der Waals surface area contributed by atoms with Crippen LogP contribution in [0.5, 0.6) is 0 Å². The van der Waals surface area contributed by atoms with Crippen molar-refractivity contribution in [3.05, 3.63) is 0 Å². The van der Waals surface area contributed by atoms with Gasteiger partial charge in [-0.25, -0.2) is 0 Å². The Hall–Kier alpha value is -0.650. The van der Waals surface area contributed by atoms with Gasteiger partial charge in [-0.1, -0.05) is 26.7 Å². The fraction of sp³-hybridized carbons (Fsp3) is 0.941. The zero-order valence-corrected chi connectivity index (χ0v) is 15.0. The van der Waals surface area contributed by atoms with Crippen LogP contribution in [0.1, 0.15) is 58.8 Å². The Morgan fingerprint density at radius 3 is 1.95 bits per heavy atom. The van der Waals surface area contributed by atoms with E-state index in [0.29, 0.717) is 0 Å². The SMILES string of the molecule is CCCCNCCCCNCCCNC(=O)[C@@H](CCC)NC. The van der Waals surface area contributed by atoms with E-state index in [0.717, 1.165) is 52.0 Å². The van der Waals surface area contributed by atoms with E-state index in [4.69, 9.17) is 0 Å². The van der Waals surface area contributed by atoms with E-state index in [-0.39, 0.29) is 11.9 Å². The molecule has 132 valence electrons. The maximum Gasteiger partial charge on any atom is 0.237 e. The zero-order valence-electron chi connectivity index (χ0n) is 15.0. The van der Waals surface area contributed by atoms with E-state index in [1.165, 1.54) is 25.7 Å². The fourth-order valence-electron chi connectivity index (χ4n) is 2.30. The van der Waals surface area contributed by atoms with Gasteiger partial charge >= 0.3 is 0 Å². The first kappa shape index (κ1) is 21.4. The first-order valence-electron chi connectivity index (χ1n) is 9.12. The number of rotatable bonds is 16. The maximum absolute atomic E-state index is 11.8. The Kier molecular flexibility index (Phi) is 16.2. The summed E-state index contributed by atoms with van der Waals surface area (Å²) >= 11 is 0. The molecule has 1 amide bonds. The van der Waals surface area contributed by atoms with Crippen molar-refractivity contribution in [3.8, 4) is 0 Å². The van der Waals surface area contributed by atoms with Crippen molar-refractivity contribution in [3.63, 3.8) is 0 Å². The highest BCUT2D eigenvalue weighted by Crippen LogP contribution is 1.95. The van der Waals surface area contributed by atoms with Crippen molar-refractivity contribution in [1.29, 1.82) is 0 Å². The second kappa shape index (κ2) is 16.7. The summed E-state index contributed by atoms with van der Waals surface area (Å²) < 4.78 is 0. The van der Waals surface area contributed by atoms with E-state index in [1.54, 1.807) is 0 Å². The molecule has 0 aliphatic heterocycles. The van der Waals surface area contributed by atoms with Gasteiger partial charge in [0.25, 0.3) is 0 Å². The van der Waals surface area contributed by atoms with Crippen LogP contribution in [-0.2, 0) is 4.79 Å². The highest BCUT2D eigenvalue weighted by Gasteiger charge is 2.13. The van der Waals surface area contributed by atoms with Gasteiger partial charge in [-0.05, 0) is 65.3 Å². The van der Waals surface area contributed by atoms with Gasteiger partial charge in [-0.15, -0.1) is 0 Å². The third-order valence-corrected chi connectivity index (χ3v) is 3.74. The number of nitrogens with one attached hydrogen (secondary N) is 4. The Morgan fingerprint density at radius 2 is 1.41 bits per heavy atom. The molecule has 1 atom stereocenters. The first-order chi connectivity index (χ1) is 10.8. The normalized spacial score (nSPS) is 12.3. The molecule has 22 heavy (non-hydrogen) atoms. The van der Waals surface area contributed by atoms with Crippen LogP contribution in [0.2, 0.25) is 0 Å². The molecule has 0 aliphatic carbocycles. The summed E-state index contributed by atoms with van der Waals surface area (Å²) in [4.78, 5) is 11.8. The molecule has 0 unspecified atom stereocenters.